The van der Waals surface area contributed by atoms with E-state index in [0.717, 1.165) is 40.8 Å². The van der Waals surface area contributed by atoms with E-state index < -0.39 is 11.6 Å². The zero-order valence-electron chi connectivity index (χ0n) is 15.8. The summed E-state index contributed by atoms with van der Waals surface area (Å²) in [4.78, 5) is 12.3. The summed E-state index contributed by atoms with van der Waals surface area (Å²) in [5.41, 5.74) is 2.70. The van der Waals surface area contributed by atoms with Gasteiger partial charge in [0.05, 0.1) is 24.2 Å². The number of nitrogens with zero attached hydrogens (tertiary/aromatic N) is 3. The number of hydrogen-bond acceptors (Lipinski definition) is 5. The molecule has 0 unspecified atom stereocenters. The van der Waals surface area contributed by atoms with Crippen LogP contribution >= 0.6 is 11.8 Å². The minimum absolute atomic E-state index is 0.0132. The summed E-state index contributed by atoms with van der Waals surface area (Å²) in [5.74, 6) is 0.789. The monoisotopic (exact) mass is 406 g/mol. The molecular formula is C19H20F2N4O2S. The topological polar surface area (TPSA) is 73.0 Å². The molecule has 0 aliphatic carbocycles. The first kappa shape index (κ1) is 20.1. The van der Waals surface area contributed by atoms with E-state index in [1.807, 2.05) is 13.8 Å². The van der Waals surface area contributed by atoms with Gasteiger partial charge in [-0.05, 0) is 39.0 Å². The van der Waals surface area contributed by atoms with Gasteiger partial charge in [0, 0.05) is 22.4 Å². The van der Waals surface area contributed by atoms with Crippen LogP contribution in [-0.2, 0) is 17.1 Å². The van der Waals surface area contributed by atoms with Crippen molar-refractivity contribution in [2.75, 3.05) is 11.1 Å². The minimum atomic E-state index is -0.526. The molecule has 2 aromatic heterocycles. The van der Waals surface area contributed by atoms with Gasteiger partial charge in [0.25, 0.3) is 0 Å². The van der Waals surface area contributed by atoms with E-state index >= 15 is 0 Å². The molecule has 0 aliphatic rings. The third-order valence-electron chi connectivity index (χ3n) is 4.27. The molecule has 3 rings (SSSR count). The molecule has 0 aliphatic heterocycles. The third kappa shape index (κ3) is 4.59. The standard InChI is InChI=1S/C19H20F2N4O2S/c1-11-7-22-25(8-14-6-15(20)4-5-17(14)21)19(11)23-18(26)10-28-9-16-12(2)24-27-13(16)3/h4-7H,8-10H2,1-3H3,(H,23,26). The lowest BCUT2D eigenvalue weighted by atomic mass is 10.2. The molecule has 28 heavy (non-hydrogen) atoms. The molecule has 6 nitrogen and oxygen atoms in total. The van der Waals surface area contributed by atoms with E-state index in [9.17, 15) is 13.6 Å². The Morgan fingerprint density at radius 1 is 1.29 bits per heavy atom. The number of halogens is 2. The van der Waals surface area contributed by atoms with Crippen molar-refractivity contribution in [3.05, 3.63) is 64.2 Å². The summed E-state index contributed by atoms with van der Waals surface area (Å²) in [6, 6.07) is 3.26. The van der Waals surface area contributed by atoms with Crippen LogP contribution in [0.3, 0.4) is 0 Å². The SMILES string of the molecule is Cc1cnn(Cc2cc(F)ccc2F)c1NC(=O)CSCc1c(C)noc1C. The Labute approximate surface area is 165 Å². The van der Waals surface area contributed by atoms with Crippen molar-refractivity contribution in [2.24, 2.45) is 0 Å². The fourth-order valence-corrected chi connectivity index (χ4v) is 3.69. The molecule has 0 saturated heterocycles. The molecule has 1 N–H and O–H groups in total. The van der Waals surface area contributed by atoms with Crippen molar-refractivity contribution >= 4 is 23.5 Å². The molecule has 0 radical (unpaired) electrons. The molecule has 9 heteroatoms. The fourth-order valence-electron chi connectivity index (χ4n) is 2.71. The number of carbonyl (C=O) groups excluding carboxylic acids is 1. The van der Waals surface area contributed by atoms with Gasteiger partial charge in [-0.2, -0.15) is 5.10 Å². The Kier molecular flexibility index (Phi) is 6.13. The highest BCUT2D eigenvalue weighted by Gasteiger charge is 2.15. The smallest absolute Gasteiger partial charge is 0.235 e. The number of carbonyl (C=O) groups is 1. The second kappa shape index (κ2) is 8.55. The number of rotatable bonds is 7. The van der Waals surface area contributed by atoms with Gasteiger partial charge in [0.2, 0.25) is 5.91 Å². The summed E-state index contributed by atoms with van der Waals surface area (Å²) < 4.78 is 33.9. The highest BCUT2D eigenvalue weighted by Crippen LogP contribution is 2.21. The van der Waals surface area contributed by atoms with Crippen molar-refractivity contribution < 1.29 is 18.1 Å². The number of anilines is 1. The van der Waals surface area contributed by atoms with Gasteiger partial charge < -0.3 is 9.84 Å². The maximum Gasteiger partial charge on any atom is 0.235 e. The van der Waals surface area contributed by atoms with Crippen molar-refractivity contribution in [3.63, 3.8) is 0 Å². The van der Waals surface area contributed by atoms with Gasteiger partial charge in [-0.3, -0.25) is 4.79 Å². The van der Waals surface area contributed by atoms with Crippen LogP contribution in [0.25, 0.3) is 0 Å². The number of benzene rings is 1. The van der Waals surface area contributed by atoms with Crippen LogP contribution in [0.5, 0.6) is 0 Å². The Balaban J connectivity index is 1.63. The molecule has 148 valence electrons. The number of amides is 1. The maximum atomic E-state index is 13.9. The lowest BCUT2D eigenvalue weighted by Gasteiger charge is -2.11. The molecule has 0 bridgehead atoms. The van der Waals surface area contributed by atoms with Crippen molar-refractivity contribution in [1.82, 2.24) is 14.9 Å². The maximum absolute atomic E-state index is 13.9. The number of aryl methyl sites for hydroxylation is 3. The number of hydrogen-bond donors (Lipinski definition) is 1. The largest absolute Gasteiger partial charge is 0.361 e. The van der Waals surface area contributed by atoms with Crippen molar-refractivity contribution in [3.8, 4) is 0 Å². The predicted molar refractivity (Wildman–Crippen MR) is 103 cm³/mol. The Bertz CT molecular complexity index is 980. The van der Waals surface area contributed by atoms with E-state index in [0.29, 0.717) is 11.6 Å². The van der Waals surface area contributed by atoms with Crippen molar-refractivity contribution in [2.45, 2.75) is 33.1 Å². The van der Waals surface area contributed by atoms with Gasteiger partial charge >= 0.3 is 0 Å². The van der Waals surface area contributed by atoms with Crippen LogP contribution in [0.2, 0.25) is 0 Å². The van der Waals surface area contributed by atoms with Gasteiger partial charge in [0.15, 0.2) is 0 Å². The molecule has 0 saturated carbocycles. The number of nitrogens with one attached hydrogen (secondary N) is 1. The van der Waals surface area contributed by atoms with Crippen LogP contribution < -0.4 is 5.32 Å². The molecular weight excluding hydrogens is 386 g/mol. The first-order valence-corrected chi connectivity index (χ1v) is 9.76. The van der Waals surface area contributed by atoms with Gasteiger partial charge in [-0.15, -0.1) is 11.8 Å². The molecule has 1 aromatic carbocycles. The van der Waals surface area contributed by atoms with Crippen LogP contribution in [-0.4, -0.2) is 26.6 Å². The average Bonchev–Trinajstić information content (AvgIpc) is 3.15. The normalized spacial score (nSPS) is 11.0. The highest BCUT2D eigenvalue weighted by atomic mass is 32.2. The van der Waals surface area contributed by atoms with Gasteiger partial charge in [-0.1, -0.05) is 5.16 Å². The quantitative estimate of drug-likeness (QED) is 0.642. The lowest BCUT2D eigenvalue weighted by molar-refractivity contribution is -0.113. The second-order valence-electron chi connectivity index (χ2n) is 6.41. The van der Waals surface area contributed by atoms with Crippen molar-refractivity contribution in [1.29, 1.82) is 0 Å². The minimum Gasteiger partial charge on any atom is -0.361 e. The van der Waals surface area contributed by atoms with E-state index in [1.165, 1.54) is 16.4 Å². The van der Waals surface area contributed by atoms with Crippen LogP contribution in [0.1, 0.15) is 28.1 Å². The Morgan fingerprint density at radius 3 is 2.79 bits per heavy atom. The number of thioether (sulfide) groups is 1. The van der Waals surface area contributed by atoms with E-state index in [2.05, 4.69) is 15.6 Å². The van der Waals surface area contributed by atoms with E-state index in [-0.39, 0.29) is 23.8 Å². The molecule has 0 atom stereocenters. The van der Waals surface area contributed by atoms with Crippen LogP contribution in [0, 0.1) is 32.4 Å². The number of aromatic nitrogens is 3. The average molecular weight is 406 g/mol. The Morgan fingerprint density at radius 2 is 2.07 bits per heavy atom. The van der Waals surface area contributed by atoms with Crippen LogP contribution in [0.4, 0.5) is 14.6 Å². The molecule has 3 aromatic rings. The first-order valence-electron chi connectivity index (χ1n) is 8.61. The first-order chi connectivity index (χ1) is 13.3. The zero-order chi connectivity index (χ0) is 20.3. The summed E-state index contributed by atoms with van der Waals surface area (Å²) >= 11 is 1.44. The van der Waals surface area contributed by atoms with E-state index in [4.69, 9.17) is 4.52 Å². The zero-order valence-corrected chi connectivity index (χ0v) is 16.6. The lowest BCUT2D eigenvalue weighted by Crippen LogP contribution is -2.19. The van der Waals surface area contributed by atoms with E-state index in [1.54, 1.807) is 13.1 Å². The highest BCUT2D eigenvalue weighted by molar-refractivity contribution is 7.99. The van der Waals surface area contributed by atoms with Gasteiger partial charge in [0.1, 0.15) is 23.2 Å². The summed E-state index contributed by atoms with van der Waals surface area (Å²) in [5, 5.41) is 10.9. The molecule has 0 fully saturated rings. The molecule has 0 spiro atoms. The third-order valence-corrected chi connectivity index (χ3v) is 5.23. The van der Waals surface area contributed by atoms with Crippen LogP contribution in [0.15, 0.2) is 28.9 Å². The second-order valence-corrected chi connectivity index (χ2v) is 7.40. The fraction of sp³-hybridized carbons (Fsp3) is 0.316. The molecule has 2 heterocycles. The molecule has 1 amide bonds. The van der Waals surface area contributed by atoms with Gasteiger partial charge in [-0.25, -0.2) is 13.5 Å². The predicted octanol–water partition coefficient (Wildman–Crippen LogP) is 3.99. The summed E-state index contributed by atoms with van der Waals surface area (Å²) in [7, 11) is 0. The Hall–Kier alpha value is -2.68. The summed E-state index contributed by atoms with van der Waals surface area (Å²) in [6.07, 6.45) is 1.57. The summed E-state index contributed by atoms with van der Waals surface area (Å²) in [6.45, 7) is 5.50.